The van der Waals surface area contributed by atoms with Gasteiger partial charge in [0.05, 0.1) is 11.4 Å². The Labute approximate surface area is 183 Å². The van der Waals surface area contributed by atoms with Crippen molar-refractivity contribution >= 4 is 21.4 Å². The average molecular weight is 460 g/mol. The van der Waals surface area contributed by atoms with Gasteiger partial charge in [0.15, 0.2) is 0 Å². The minimum Gasteiger partial charge on any atom is -0.345 e. The molecule has 0 radical (unpaired) electrons. The summed E-state index contributed by atoms with van der Waals surface area (Å²) in [6.07, 6.45) is 0. The van der Waals surface area contributed by atoms with Gasteiger partial charge in [-0.3, -0.25) is 0 Å². The van der Waals surface area contributed by atoms with Crippen molar-refractivity contribution in [3.63, 3.8) is 0 Å². The maximum Gasteiger partial charge on any atom is 0.242 e. The molecule has 160 valence electrons. The Morgan fingerprint density at radius 2 is 1.65 bits per heavy atom. The Morgan fingerprint density at radius 1 is 1.03 bits per heavy atom. The van der Waals surface area contributed by atoms with Crippen LogP contribution in [0.15, 0.2) is 64.9 Å². The number of hydrogen-bond donors (Lipinski definition) is 1. The van der Waals surface area contributed by atoms with Crippen molar-refractivity contribution in [1.82, 2.24) is 14.3 Å². The molecule has 0 atom stereocenters. The topological polar surface area (TPSA) is 64.0 Å². The first-order valence-electron chi connectivity index (χ1n) is 9.37. The summed E-state index contributed by atoms with van der Waals surface area (Å²) in [4.78, 5) is 4.76. The quantitative estimate of drug-likeness (QED) is 0.447. The van der Waals surface area contributed by atoms with Gasteiger partial charge < -0.3 is 4.57 Å². The smallest absolute Gasteiger partial charge is 0.242 e. The largest absolute Gasteiger partial charge is 0.345 e. The molecule has 0 unspecified atom stereocenters. The fourth-order valence-corrected chi connectivity index (χ4v) is 5.34. The minimum absolute atomic E-state index is 0.0538. The predicted octanol–water partition coefficient (Wildman–Crippen LogP) is 4.88. The molecule has 0 saturated heterocycles. The van der Waals surface area contributed by atoms with Crippen LogP contribution in [0.1, 0.15) is 11.3 Å². The monoisotopic (exact) mass is 459 g/mol. The molecule has 0 fully saturated rings. The summed E-state index contributed by atoms with van der Waals surface area (Å²) in [7, 11) is -2.01. The lowest BCUT2D eigenvalue weighted by molar-refractivity contribution is 0.580. The van der Waals surface area contributed by atoms with Gasteiger partial charge in [0.1, 0.15) is 21.5 Å². The molecule has 0 saturated carbocycles. The van der Waals surface area contributed by atoms with E-state index in [1.54, 1.807) is 36.7 Å². The third kappa shape index (κ3) is 4.43. The number of thiazole rings is 1. The van der Waals surface area contributed by atoms with Crippen LogP contribution in [-0.4, -0.2) is 18.0 Å². The summed E-state index contributed by atoms with van der Waals surface area (Å²) >= 11 is 1.38. The lowest BCUT2D eigenvalue weighted by Crippen LogP contribution is -2.23. The molecule has 5 nitrogen and oxygen atoms in total. The number of rotatable bonds is 6. The molecule has 4 aromatic rings. The van der Waals surface area contributed by atoms with Crippen LogP contribution in [0, 0.1) is 18.6 Å². The van der Waals surface area contributed by atoms with Gasteiger partial charge >= 0.3 is 0 Å². The van der Waals surface area contributed by atoms with E-state index in [1.807, 2.05) is 5.38 Å². The van der Waals surface area contributed by atoms with Gasteiger partial charge in [0.2, 0.25) is 10.0 Å². The molecule has 31 heavy (non-hydrogen) atoms. The molecule has 2 aromatic heterocycles. The SMILES string of the molecule is Cc1c(S(=O)(=O)NCc2ccc(F)cc2)cc(-c2nc(-c3ccc(F)cc3)cs2)n1C. The summed E-state index contributed by atoms with van der Waals surface area (Å²) in [5.41, 5.74) is 3.36. The van der Waals surface area contributed by atoms with Crippen molar-refractivity contribution in [2.75, 3.05) is 0 Å². The van der Waals surface area contributed by atoms with Crippen molar-refractivity contribution in [3.8, 4) is 22.0 Å². The Morgan fingerprint density at radius 3 is 2.29 bits per heavy atom. The zero-order chi connectivity index (χ0) is 22.2. The third-order valence-electron chi connectivity index (χ3n) is 5.02. The van der Waals surface area contributed by atoms with Gasteiger partial charge in [-0.1, -0.05) is 12.1 Å². The first-order chi connectivity index (χ1) is 14.7. The van der Waals surface area contributed by atoms with E-state index in [4.69, 9.17) is 0 Å². The summed E-state index contributed by atoms with van der Waals surface area (Å²) in [6, 6.07) is 13.3. The predicted molar refractivity (Wildman–Crippen MR) is 117 cm³/mol. The second-order valence-electron chi connectivity index (χ2n) is 7.03. The first-order valence-corrected chi connectivity index (χ1v) is 11.7. The van der Waals surface area contributed by atoms with E-state index in [0.29, 0.717) is 27.7 Å². The zero-order valence-electron chi connectivity index (χ0n) is 16.8. The standard InChI is InChI=1S/C22H19F2N3O2S2/c1-14-21(31(28,29)25-12-15-3-7-17(23)8-4-15)11-20(27(14)2)22-26-19(13-30-22)16-5-9-18(24)10-6-16/h3-11,13,25H,12H2,1-2H3. The second kappa shape index (κ2) is 8.33. The summed E-state index contributed by atoms with van der Waals surface area (Å²) < 4.78 is 56.4. The number of halogens is 2. The molecule has 0 amide bonds. The van der Waals surface area contributed by atoms with Crippen LogP contribution in [0.25, 0.3) is 22.0 Å². The van der Waals surface area contributed by atoms with E-state index >= 15 is 0 Å². The highest BCUT2D eigenvalue weighted by Gasteiger charge is 2.23. The fraction of sp³-hybridized carbons (Fsp3) is 0.136. The van der Waals surface area contributed by atoms with Gasteiger partial charge in [-0.15, -0.1) is 11.3 Å². The van der Waals surface area contributed by atoms with Crippen LogP contribution < -0.4 is 4.72 Å². The normalized spacial score (nSPS) is 11.7. The third-order valence-corrected chi connectivity index (χ3v) is 7.40. The van der Waals surface area contributed by atoms with E-state index in [-0.39, 0.29) is 23.1 Å². The van der Waals surface area contributed by atoms with Crippen molar-refractivity contribution < 1.29 is 17.2 Å². The maximum absolute atomic E-state index is 13.2. The van der Waals surface area contributed by atoms with E-state index < -0.39 is 10.0 Å². The minimum atomic E-state index is -3.79. The van der Waals surface area contributed by atoms with E-state index in [2.05, 4.69) is 9.71 Å². The average Bonchev–Trinajstić information content (AvgIpc) is 3.34. The summed E-state index contributed by atoms with van der Waals surface area (Å²) in [5.74, 6) is -0.696. The molecule has 1 N–H and O–H groups in total. The molecule has 0 aliphatic carbocycles. The van der Waals surface area contributed by atoms with Crippen LogP contribution >= 0.6 is 11.3 Å². The summed E-state index contributed by atoms with van der Waals surface area (Å²) in [6.45, 7) is 1.78. The second-order valence-corrected chi connectivity index (χ2v) is 9.63. The first kappa shape index (κ1) is 21.4. The van der Waals surface area contributed by atoms with Gasteiger partial charge in [-0.2, -0.15) is 0 Å². The summed E-state index contributed by atoms with van der Waals surface area (Å²) in [5, 5.41) is 2.51. The van der Waals surface area contributed by atoms with Gasteiger partial charge in [0.25, 0.3) is 0 Å². The lowest BCUT2D eigenvalue weighted by Gasteiger charge is -2.07. The number of nitrogens with zero attached hydrogens (tertiary/aromatic N) is 2. The number of aromatic nitrogens is 2. The number of benzene rings is 2. The molecular formula is C22H19F2N3O2S2. The van der Waals surface area contributed by atoms with Crippen molar-refractivity contribution in [2.24, 2.45) is 7.05 Å². The Bertz CT molecular complexity index is 1330. The van der Waals surface area contributed by atoms with Crippen LogP contribution in [0.3, 0.4) is 0 Å². The molecule has 2 aromatic carbocycles. The van der Waals surface area contributed by atoms with E-state index in [9.17, 15) is 17.2 Å². The molecule has 0 aliphatic rings. The van der Waals surface area contributed by atoms with Gasteiger partial charge in [-0.25, -0.2) is 26.9 Å². The lowest BCUT2D eigenvalue weighted by atomic mass is 10.2. The fourth-order valence-electron chi connectivity index (χ4n) is 3.15. The molecule has 0 aliphatic heterocycles. The molecule has 0 bridgehead atoms. The molecule has 9 heteroatoms. The highest BCUT2D eigenvalue weighted by molar-refractivity contribution is 7.89. The molecular weight excluding hydrogens is 440 g/mol. The van der Waals surface area contributed by atoms with Crippen molar-refractivity contribution in [1.29, 1.82) is 0 Å². The Hall–Kier alpha value is -2.88. The van der Waals surface area contributed by atoms with Crippen LogP contribution in [0.2, 0.25) is 0 Å². The van der Waals surface area contributed by atoms with Crippen molar-refractivity contribution in [2.45, 2.75) is 18.4 Å². The maximum atomic E-state index is 13.2. The highest BCUT2D eigenvalue weighted by Crippen LogP contribution is 2.32. The van der Waals surface area contributed by atoms with Crippen LogP contribution in [0.5, 0.6) is 0 Å². The molecule has 0 spiro atoms. The number of sulfonamides is 1. The van der Waals surface area contributed by atoms with E-state index in [1.165, 1.54) is 47.7 Å². The van der Waals surface area contributed by atoms with Gasteiger partial charge in [0, 0.05) is 30.2 Å². The highest BCUT2D eigenvalue weighted by atomic mass is 32.2. The Kier molecular flexibility index (Phi) is 5.74. The number of nitrogens with one attached hydrogen (secondary N) is 1. The zero-order valence-corrected chi connectivity index (χ0v) is 18.4. The van der Waals surface area contributed by atoms with Crippen molar-refractivity contribution in [3.05, 3.63) is 82.9 Å². The van der Waals surface area contributed by atoms with Crippen LogP contribution in [-0.2, 0) is 23.6 Å². The molecule has 2 heterocycles. The van der Waals surface area contributed by atoms with Gasteiger partial charge in [-0.05, 0) is 55.0 Å². The van der Waals surface area contributed by atoms with Crippen LogP contribution in [0.4, 0.5) is 8.78 Å². The Balaban J connectivity index is 1.60. The number of hydrogen-bond acceptors (Lipinski definition) is 4. The molecule has 4 rings (SSSR count). The van der Waals surface area contributed by atoms with E-state index in [0.717, 1.165) is 5.56 Å².